The van der Waals surface area contributed by atoms with E-state index in [-0.39, 0.29) is 0 Å². The monoisotopic (exact) mass is 287 g/mol. The van der Waals surface area contributed by atoms with Gasteiger partial charge in [0, 0.05) is 0 Å². The van der Waals surface area contributed by atoms with Gasteiger partial charge in [-0.3, -0.25) is 0 Å². The second-order valence-corrected chi connectivity index (χ2v) is 4.36. The number of hydrogen-bond donors (Lipinski definition) is 0. The quantitative estimate of drug-likeness (QED) is 0.433. The van der Waals surface area contributed by atoms with Gasteiger partial charge in [-0.15, -0.1) is 6.58 Å². The molecule has 100 valence electrons. The summed E-state index contributed by atoms with van der Waals surface area (Å²) < 4.78 is 27.5. The van der Waals surface area contributed by atoms with Crippen LogP contribution >= 0.6 is 12.2 Å². The van der Waals surface area contributed by atoms with Crippen molar-refractivity contribution in [3.8, 4) is 11.1 Å². The third kappa shape index (κ3) is 3.05. The third-order valence-electron chi connectivity index (χ3n) is 2.84. The lowest BCUT2D eigenvalue weighted by Crippen LogP contribution is -1.87. The van der Waals surface area contributed by atoms with Crippen molar-refractivity contribution in [2.45, 2.75) is 6.42 Å². The van der Waals surface area contributed by atoms with Gasteiger partial charge in [0.2, 0.25) is 0 Å². The van der Waals surface area contributed by atoms with Gasteiger partial charge >= 0.3 is 0 Å². The summed E-state index contributed by atoms with van der Waals surface area (Å²) in [6.45, 7) is 3.66. The Morgan fingerprint density at radius 2 is 1.70 bits per heavy atom. The molecular formula is C16H11F2NS. The Kier molecular flexibility index (Phi) is 4.51. The van der Waals surface area contributed by atoms with E-state index >= 15 is 0 Å². The lowest BCUT2D eigenvalue weighted by atomic mass is 10.0. The summed E-state index contributed by atoms with van der Waals surface area (Å²) in [4.78, 5) is 3.38. The van der Waals surface area contributed by atoms with Gasteiger partial charge in [-0.2, -0.15) is 4.99 Å². The van der Waals surface area contributed by atoms with Crippen LogP contribution in [-0.4, -0.2) is 5.16 Å². The SMILES string of the molecule is C=CCc1ccc(-c2cc(F)c(N=C=S)c(F)c2)cc1. The number of rotatable bonds is 4. The van der Waals surface area contributed by atoms with E-state index in [1.54, 1.807) is 6.08 Å². The molecule has 0 N–H and O–H groups in total. The molecule has 0 saturated carbocycles. The number of benzene rings is 2. The van der Waals surface area contributed by atoms with E-state index in [9.17, 15) is 8.78 Å². The van der Waals surface area contributed by atoms with Crippen molar-refractivity contribution in [3.05, 3.63) is 66.3 Å². The van der Waals surface area contributed by atoms with Crippen molar-refractivity contribution in [2.75, 3.05) is 0 Å². The van der Waals surface area contributed by atoms with E-state index in [2.05, 4.69) is 23.8 Å². The van der Waals surface area contributed by atoms with Gasteiger partial charge in [0.1, 0.15) is 5.69 Å². The lowest BCUT2D eigenvalue weighted by molar-refractivity contribution is 0.588. The van der Waals surface area contributed by atoms with Crippen LogP contribution in [0.4, 0.5) is 14.5 Å². The van der Waals surface area contributed by atoms with E-state index < -0.39 is 17.3 Å². The highest BCUT2D eigenvalue weighted by molar-refractivity contribution is 7.78. The summed E-state index contributed by atoms with van der Waals surface area (Å²) in [6, 6.07) is 9.89. The second kappa shape index (κ2) is 6.33. The minimum atomic E-state index is -0.757. The molecule has 2 rings (SSSR count). The Bertz CT molecular complexity index is 663. The number of halogens is 2. The van der Waals surface area contributed by atoms with Crippen LogP contribution in [0.1, 0.15) is 5.56 Å². The first kappa shape index (κ1) is 14.3. The lowest BCUT2D eigenvalue weighted by Gasteiger charge is -2.06. The fourth-order valence-corrected chi connectivity index (χ4v) is 1.98. The van der Waals surface area contributed by atoms with E-state index in [1.807, 2.05) is 29.4 Å². The van der Waals surface area contributed by atoms with Gasteiger partial charge in [0.25, 0.3) is 0 Å². The van der Waals surface area contributed by atoms with Crippen molar-refractivity contribution in [1.82, 2.24) is 0 Å². The number of aliphatic imine (C=N–C) groups is 1. The Morgan fingerprint density at radius 3 is 2.20 bits per heavy atom. The molecule has 0 aliphatic heterocycles. The first-order valence-corrected chi connectivity index (χ1v) is 6.33. The van der Waals surface area contributed by atoms with Crippen LogP contribution < -0.4 is 0 Å². The maximum Gasteiger partial charge on any atom is 0.153 e. The highest BCUT2D eigenvalue weighted by Gasteiger charge is 2.11. The average Bonchev–Trinajstić information content (AvgIpc) is 2.44. The van der Waals surface area contributed by atoms with Crippen LogP contribution in [0.15, 0.2) is 54.0 Å². The van der Waals surface area contributed by atoms with Crippen molar-refractivity contribution < 1.29 is 8.78 Å². The smallest absolute Gasteiger partial charge is 0.153 e. The largest absolute Gasteiger partial charge is 0.204 e. The number of nitrogens with zero attached hydrogens (tertiary/aromatic N) is 1. The van der Waals surface area contributed by atoms with E-state index in [0.717, 1.165) is 17.5 Å². The van der Waals surface area contributed by atoms with Gasteiger partial charge in [-0.1, -0.05) is 30.3 Å². The summed E-state index contributed by atoms with van der Waals surface area (Å²) in [5, 5.41) is 1.97. The number of isothiocyanates is 1. The van der Waals surface area contributed by atoms with Crippen molar-refractivity contribution in [1.29, 1.82) is 0 Å². The molecule has 0 aromatic heterocycles. The van der Waals surface area contributed by atoms with Crippen LogP contribution in [0.2, 0.25) is 0 Å². The highest BCUT2D eigenvalue weighted by Crippen LogP contribution is 2.29. The molecule has 0 aliphatic carbocycles. The molecule has 4 heteroatoms. The maximum absolute atomic E-state index is 13.8. The zero-order valence-electron chi connectivity index (χ0n) is 10.6. The molecule has 0 saturated heterocycles. The minimum absolute atomic E-state index is 0.410. The maximum atomic E-state index is 13.8. The zero-order chi connectivity index (χ0) is 14.5. The predicted octanol–water partition coefficient (Wildman–Crippen LogP) is 5.09. The van der Waals surface area contributed by atoms with Crippen LogP contribution in [0, 0.1) is 11.6 Å². The zero-order valence-corrected chi connectivity index (χ0v) is 11.4. The van der Waals surface area contributed by atoms with E-state index in [1.165, 1.54) is 12.1 Å². The van der Waals surface area contributed by atoms with Gasteiger partial charge < -0.3 is 0 Å². The predicted molar refractivity (Wildman–Crippen MR) is 80.4 cm³/mol. The summed E-state index contributed by atoms with van der Waals surface area (Å²) in [6.07, 6.45) is 2.55. The molecule has 0 spiro atoms. The van der Waals surface area contributed by atoms with E-state index in [4.69, 9.17) is 0 Å². The second-order valence-electron chi connectivity index (χ2n) is 4.18. The topological polar surface area (TPSA) is 12.4 Å². The molecule has 0 unspecified atom stereocenters. The highest BCUT2D eigenvalue weighted by atomic mass is 32.1. The third-order valence-corrected chi connectivity index (χ3v) is 2.93. The van der Waals surface area contributed by atoms with Gasteiger partial charge in [-0.25, -0.2) is 8.78 Å². The summed E-state index contributed by atoms with van der Waals surface area (Å²) in [5.74, 6) is -1.51. The van der Waals surface area contributed by atoms with Crippen LogP contribution in [0.3, 0.4) is 0 Å². The number of thiocarbonyl (C=S) groups is 1. The molecule has 0 fully saturated rings. The van der Waals surface area contributed by atoms with Crippen LogP contribution in [-0.2, 0) is 6.42 Å². The molecule has 20 heavy (non-hydrogen) atoms. The van der Waals surface area contributed by atoms with Crippen molar-refractivity contribution in [3.63, 3.8) is 0 Å². The molecule has 0 atom stereocenters. The summed E-state index contributed by atoms with van der Waals surface area (Å²) in [7, 11) is 0. The Balaban J connectivity index is 2.42. The number of hydrogen-bond acceptors (Lipinski definition) is 2. The van der Waals surface area contributed by atoms with Gasteiger partial charge in [0.15, 0.2) is 11.6 Å². The van der Waals surface area contributed by atoms with Crippen molar-refractivity contribution >= 4 is 23.1 Å². The van der Waals surface area contributed by atoms with Crippen molar-refractivity contribution in [2.24, 2.45) is 4.99 Å². The molecule has 0 bridgehead atoms. The normalized spacial score (nSPS) is 9.90. The Hall–Kier alpha value is -2.16. The van der Waals surface area contributed by atoms with E-state index in [0.29, 0.717) is 5.56 Å². The standard InChI is InChI=1S/C16H11F2NS/c1-2-3-11-4-6-12(7-5-11)13-8-14(17)16(19-10-20)15(18)9-13/h2,4-9H,1,3H2. The van der Waals surface area contributed by atoms with Gasteiger partial charge in [0.05, 0.1) is 5.16 Å². The molecular weight excluding hydrogens is 276 g/mol. The Labute approximate surface area is 121 Å². The Morgan fingerprint density at radius 1 is 1.10 bits per heavy atom. The van der Waals surface area contributed by atoms with Crippen LogP contribution in [0.25, 0.3) is 11.1 Å². The average molecular weight is 287 g/mol. The summed E-state index contributed by atoms with van der Waals surface area (Å²) in [5.41, 5.74) is 1.86. The summed E-state index contributed by atoms with van der Waals surface area (Å²) >= 11 is 4.36. The molecule has 0 radical (unpaired) electrons. The fraction of sp³-hybridized carbons (Fsp3) is 0.0625. The first-order valence-electron chi connectivity index (χ1n) is 5.93. The molecule has 0 aliphatic rings. The molecule has 2 aromatic rings. The fourth-order valence-electron chi connectivity index (χ4n) is 1.88. The van der Waals surface area contributed by atoms with Gasteiger partial charge in [-0.05, 0) is 47.5 Å². The molecule has 1 nitrogen and oxygen atoms in total. The molecule has 0 heterocycles. The molecule has 0 amide bonds. The first-order chi connectivity index (χ1) is 9.65. The molecule has 2 aromatic carbocycles. The van der Waals surface area contributed by atoms with Crippen LogP contribution in [0.5, 0.6) is 0 Å². The minimum Gasteiger partial charge on any atom is -0.204 e. The number of allylic oxidation sites excluding steroid dienone is 1.